The number of methoxy groups -OCH3 is 1. The third kappa shape index (κ3) is 1.77. The van der Waals surface area contributed by atoms with Crippen molar-refractivity contribution in [3.8, 4) is 5.75 Å². The van der Waals surface area contributed by atoms with Gasteiger partial charge in [0, 0.05) is 11.6 Å². The number of fused-ring (bicyclic) bond motifs is 1. The molecular formula is C12H14N2O. The Bertz CT molecular complexity index is 480. The highest BCUT2D eigenvalue weighted by atomic mass is 16.5. The molecule has 15 heavy (non-hydrogen) atoms. The van der Waals surface area contributed by atoms with E-state index in [1.165, 1.54) is 5.56 Å². The molecule has 0 aliphatic carbocycles. The Morgan fingerprint density at radius 2 is 2.00 bits per heavy atom. The van der Waals surface area contributed by atoms with Crippen LogP contribution in [-0.2, 0) is 0 Å². The lowest BCUT2D eigenvalue weighted by Crippen LogP contribution is -1.93. The molecule has 0 aliphatic heterocycles. The second-order valence-corrected chi connectivity index (χ2v) is 3.83. The Balaban J connectivity index is 2.70. The van der Waals surface area contributed by atoms with E-state index in [0.29, 0.717) is 5.92 Å². The minimum Gasteiger partial charge on any atom is -0.495 e. The average molecular weight is 202 g/mol. The molecule has 2 heterocycles. The summed E-state index contributed by atoms with van der Waals surface area (Å²) in [6, 6.07) is 2.01. The van der Waals surface area contributed by atoms with Crippen LogP contribution in [0.4, 0.5) is 0 Å². The molecule has 0 saturated carbocycles. The molecule has 0 fully saturated rings. The molecule has 3 nitrogen and oxygen atoms in total. The van der Waals surface area contributed by atoms with Gasteiger partial charge in [0.05, 0.1) is 25.0 Å². The highest BCUT2D eigenvalue weighted by molar-refractivity contribution is 5.82. The zero-order valence-electron chi connectivity index (χ0n) is 9.19. The van der Waals surface area contributed by atoms with Gasteiger partial charge in [0.1, 0.15) is 5.75 Å². The highest BCUT2D eigenvalue weighted by Gasteiger charge is 2.07. The molecule has 0 atom stereocenters. The van der Waals surface area contributed by atoms with Crippen molar-refractivity contribution < 1.29 is 4.74 Å². The molecule has 0 N–H and O–H groups in total. The SMILES string of the molecule is COc1cnc2cncc(C(C)C)c2c1. The van der Waals surface area contributed by atoms with Crippen LogP contribution in [0.15, 0.2) is 24.7 Å². The number of nitrogens with zero attached hydrogens (tertiary/aromatic N) is 2. The van der Waals surface area contributed by atoms with Gasteiger partial charge >= 0.3 is 0 Å². The molecule has 2 rings (SSSR count). The third-order valence-electron chi connectivity index (χ3n) is 2.47. The summed E-state index contributed by atoms with van der Waals surface area (Å²) < 4.78 is 5.17. The molecule has 0 saturated heterocycles. The van der Waals surface area contributed by atoms with E-state index in [1.54, 1.807) is 19.5 Å². The summed E-state index contributed by atoms with van der Waals surface area (Å²) in [5, 5.41) is 1.12. The van der Waals surface area contributed by atoms with Gasteiger partial charge in [0.15, 0.2) is 0 Å². The van der Waals surface area contributed by atoms with Crippen molar-refractivity contribution in [2.75, 3.05) is 7.11 Å². The molecule has 0 aromatic carbocycles. The summed E-state index contributed by atoms with van der Waals surface area (Å²) in [5.41, 5.74) is 2.13. The summed E-state index contributed by atoms with van der Waals surface area (Å²) in [6.45, 7) is 4.30. The Hall–Kier alpha value is -1.64. The van der Waals surface area contributed by atoms with Gasteiger partial charge in [0.2, 0.25) is 0 Å². The normalized spacial score (nSPS) is 10.9. The smallest absolute Gasteiger partial charge is 0.137 e. The zero-order valence-corrected chi connectivity index (χ0v) is 9.19. The van der Waals surface area contributed by atoms with Gasteiger partial charge in [-0.05, 0) is 17.5 Å². The van der Waals surface area contributed by atoms with Crippen molar-refractivity contribution in [1.29, 1.82) is 0 Å². The topological polar surface area (TPSA) is 35.0 Å². The molecule has 0 bridgehead atoms. The van der Waals surface area contributed by atoms with Crippen molar-refractivity contribution in [2.24, 2.45) is 0 Å². The van der Waals surface area contributed by atoms with Gasteiger partial charge < -0.3 is 4.74 Å². The van der Waals surface area contributed by atoms with E-state index < -0.39 is 0 Å². The fourth-order valence-electron chi connectivity index (χ4n) is 1.62. The van der Waals surface area contributed by atoms with E-state index in [1.807, 2.05) is 12.3 Å². The van der Waals surface area contributed by atoms with E-state index in [9.17, 15) is 0 Å². The molecule has 3 heteroatoms. The maximum absolute atomic E-state index is 5.17. The molecule has 2 aromatic rings. The van der Waals surface area contributed by atoms with Crippen molar-refractivity contribution in [2.45, 2.75) is 19.8 Å². The summed E-state index contributed by atoms with van der Waals surface area (Å²) >= 11 is 0. The monoisotopic (exact) mass is 202 g/mol. The third-order valence-corrected chi connectivity index (χ3v) is 2.47. The second kappa shape index (κ2) is 3.85. The molecule has 78 valence electrons. The van der Waals surface area contributed by atoms with Crippen molar-refractivity contribution in [3.63, 3.8) is 0 Å². The Morgan fingerprint density at radius 1 is 1.20 bits per heavy atom. The minimum atomic E-state index is 0.440. The summed E-state index contributed by atoms with van der Waals surface area (Å²) in [6.07, 6.45) is 5.39. The first-order valence-electron chi connectivity index (χ1n) is 5.00. The lowest BCUT2D eigenvalue weighted by Gasteiger charge is -2.09. The van der Waals surface area contributed by atoms with E-state index in [2.05, 4.69) is 23.8 Å². The van der Waals surface area contributed by atoms with Crippen molar-refractivity contribution in [1.82, 2.24) is 9.97 Å². The predicted octanol–water partition coefficient (Wildman–Crippen LogP) is 2.76. The first kappa shape index (κ1) is 9.90. The van der Waals surface area contributed by atoms with E-state index in [0.717, 1.165) is 16.7 Å². The lowest BCUT2D eigenvalue weighted by atomic mass is 10.0. The maximum Gasteiger partial charge on any atom is 0.137 e. The number of ether oxygens (including phenoxy) is 1. The fraction of sp³-hybridized carbons (Fsp3) is 0.333. The number of hydrogen-bond acceptors (Lipinski definition) is 3. The van der Waals surface area contributed by atoms with Crippen LogP contribution in [0.3, 0.4) is 0 Å². The molecule has 0 amide bonds. The zero-order chi connectivity index (χ0) is 10.8. The first-order chi connectivity index (χ1) is 7.22. The average Bonchev–Trinajstić information content (AvgIpc) is 2.27. The molecule has 2 aromatic heterocycles. The van der Waals surface area contributed by atoms with Crippen LogP contribution in [-0.4, -0.2) is 17.1 Å². The first-order valence-corrected chi connectivity index (χ1v) is 5.00. The number of pyridine rings is 2. The minimum absolute atomic E-state index is 0.440. The second-order valence-electron chi connectivity index (χ2n) is 3.83. The predicted molar refractivity (Wildman–Crippen MR) is 60.2 cm³/mol. The van der Waals surface area contributed by atoms with Crippen LogP contribution in [0.1, 0.15) is 25.3 Å². The van der Waals surface area contributed by atoms with Gasteiger partial charge in [-0.15, -0.1) is 0 Å². The quantitative estimate of drug-likeness (QED) is 0.751. The van der Waals surface area contributed by atoms with Crippen molar-refractivity contribution in [3.05, 3.63) is 30.2 Å². The van der Waals surface area contributed by atoms with E-state index in [-0.39, 0.29) is 0 Å². The van der Waals surface area contributed by atoms with Gasteiger partial charge in [0.25, 0.3) is 0 Å². The van der Waals surface area contributed by atoms with Crippen LogP contribution in [0.2, 0.25) is 0 Å². The van der Waals surface area contributed by atoms with Crippen LogP contribution in [0.25, 0.3) is 10.9 Å². The standard InChI is InChI=1S/C12H14N2O/c1-8(2)11-6-13-7-12-10(11)4-9(15-3)5-14-12/h4-8H,1-3H3. The van der Waals surface area contributed by atoms with Crippen LogP contribution >= 0.6 is 0 Å². The molecular weight excluding hydrogens is 188 g/mol. The Kier molecular flexibility index (Phi) is 2.54. The molecule has 0 spiro atoms. The Morgan fingerprint density at radius 3 is 2.67 bits per heavy atom. The van der Waals surface area contributed by atoms with Crippen LogP contribution in [0.5, 0.6) is 5.75 Å². The number of hydrogen-bond donors (Lipinski definition) is 0. The fourth-order valence-corrected chi connectivity index (χ4v) is 1.62. The number of aromatic nitrogens is 2. The van der Waals surface area contributed by atoms with E-state index >= 15 is 0 Å². The van der Waals surface area contributed by atoms with Gasteiger partial charge in [-0.2, -0.15) is 0 Å². The van der Waals surface area contributed by atoms with Crippen molar-refractivity contribution >= 4 is 10.9 Å². The van der Waals surface area contributed by atoms with Crippen LogP contribution < -0.4 is 4.74 Å². The largest absolute Gasteiger partial charge is 0.495 e. The summed E-state index contributed by atoms with van der Waals surface area (Å²) in [7, 11) is 1.65. The summed E-state index contributed by atoms with van der Waals surface area (Å²) in [5.74, 6) is 1.23. The van der Waals surface area contributed by atoms with Gasteiger partial charge in [-0.25, -0.2) is 0 Å². The molecule has 0 unspecified atom stereocenters. The van der Waals surface area contributed by atoms with Gasteiger partial charge in [-0.3, -0.25) is 9.97 Å². The number of rotatable bonds is 2. The summed E-state index contributed by atoms with van der Waals surface area (Å²) in [4.78, 5) is 8.49. The van der Waals surface area contributed by atoms with E-state index in [4.69, 9.17) is 4.74 Å². The lowest BCUT2D eigenvalue weighted by molar-refractivity contribution is 0.413. The highest BCUT2D eigenvalue weighted by Crippen LogP contribution is 2.25. The molecule has 0 radical (unpaired) electrons. The van der Waals surface area contributed by atoms with Gasteiger partial charge in [-0.1, -0.05) is 13.8 Å². The van der Waals surface area contributed by atoms with Crippen LogP contribution in [0, 0.1) is 0 Å². The Labute approximate surface area is 89.1 Å². The maximum atomic E-state index is 5.17. The molecule has 0 aliphatic rings.